The second-order valence-corrected chi connectivity index (χ2v) is 6.02. The molecule has 3 rings (SSSR count). The molecule has 0 atom stereocenters. The monoisotopic (exact) mass is 352 g/mol. The Hall–Kier alpha value is -2.85. The summed E-state index contributed by atoms with van der Waals surface area (Å²) in [6.07, 6.45) is 1.49. The third-order valence-corrected chi connectivity index (χ3v) is 4.19. The number of aromatic amines is 1. The Morgan fingerprint density at radius 3 is 2.76 bits per heavy atom. The molecule has 0 unspecified atom stereocenters. The number of oxime groups is 1. The Labute approximate surface area is 150 Å². The van der Waals surface area contributed by atoms with Gasteiger partial charge in [0.1, 0.15) is 0 Å². The van der Waals surface area contributed by atoms with Gasteiger partial charge in [0.05, 0.1) is 5.56 Å². The van der Waals surface area contributed by atoms with Crippen molar-refractivity contribution in [3.05, 3.63) is 75.5 Å². The molecule has 4 nitrogen and oxygen atoms in total. The van der Waals surface area contributed by atoms with Gasteiger partial charge in [0.15, 0.2) is 5.76 Å². The number of fused-ring (bicyclic) bond motifs is 1. The molecule has 0 amide bonds. The lowest BCUT2D eigenvalue weighted by molar-refractivity contribution is 0.301. The van der Waals surface area contributed by atoms with Crippen molar-refractivity contribution in [2.75, 3.05) is 0 Å². The summed E-state index contributed by atoms with van der Waals surface area (Å²) in [7, 11) is 0. The molecular weight excluding hydrogens is 336 g/mol. The molecule has 2 aromatic carbocycles. The van der Waals surface area contributed by atoms with E-state index in [1.165, 1.54) is 6.21 Å². The minimum Gasteiger partial charge on any atom is -0.357 e. The van der Waals surface area contributed by atoms with Gasteiger partial charge >= 0.3 is 0 Å². The number of hydrogen-bond acceptors (Lipinski definition) is 3. The van der Waals surface area contributed by atoms with Crippen molar-refractivity contribution in [3.8, 4) is 11.1 Å². The zero-order valence-corrected chi connectivity index (χ0v) is 14.7. The van der Waals surface area contributed by atoms with Crippen LogP contribution in [-0.4, -0.2) is 11.2 Å². The number of pyridine rings is 1. The van der Waals surface area contributed by atoms with Crippen molar-refractivity contribution in [1.29, 1.82) is 0 Å². The highest BCUT2D eigenvalue weighted by Gasteiger charge is 2.20. The van der Waals surface area contributed by atoms with Gasteiger partial charge < -0.3 is 9.82 Å². The highest BCUT2D eigenvalue weighted by atomic mass is 35.5. The van der Waals surface area contributed by atoms with Gasteiger partial charge in [-0.3, -0.25) is 4.79 Å². The summed E-state index contributed by atoms with van der Waals surface area (Å²) in [5, 5.41) is 5.15. The number of hydrogen-bond donors (Lipinski definition) is 1. The van der Waals surface area contributed by atoms with E-state index >= 15 is 0 Å². The molecule has 3 aromatic rings. The smallest absolute Gasteiger partial charge is 0.260 e. The zero-order valence-electron chi connectivity index (χ0n) is 14.0. The number of nitrogens with zero attached hydrogens (tertiary/aromatic N) is 1. The lowest BCUT2D eigenvalue weighted by Gasteiger charge is -2.15. The molecule has 0 aliphatic heterocycles. The fraction of sp³-hybridized carbons (Fsp3) is 0.100. The van der Waals surface area contributed by atoms with Crippen LogP contribution < -0.4 is 5.56 Å². The molecule has 0 aliphatic rings. The summed E-state index contributed by atoms with van der Waals surface area (Å²) in [6, 6.07) is 13.2. The molecule has 25 heavy (non-hydrogen) atoms. The molecule has 1 heterocycles. The number of aromatic nitrogens is 1. The van der Waals surface area contributed by atoms with E-state index in [9.17, 15) is 4.79 Å². The summed E-state index contributed by atoms with van der Waals surface area (Å²) in [5.74, 6) is 0.165. The first-order valence-corrected chi connectivity index (χ1v) is 8.16. The third kappa shape index (κ3) is 3.21. The van der Waals surface area contributed by atoms with Gasteiger partial charge in [-0.15, -0.1) is 0 Å². The van der Waals surface area contributed by atoms with Crippen LogP contribution in [0.1, 0.15) is 18.1 Å². The third-order valence-electron chi connectivity index (χ3n) is 3.86. The maximum atomic E-state index is 12.7. The summed E-state index contributed by atoms with van der Waals surface area (Å²) >= 11 is 6.42. The number of rotatable bonds is 4. The molecule has 0 saturated heterocycles. The highest BCUT2D eigenvalue weighted by molar-refractivity contribution is 6.33. The quantitative estimate of drug-likeness (QED) is 0.401. The average Bonchev–Trinajstić information content (AvgIpc) is 2.59. The lowest BCUT2D eigenvalue weighted by atomic mass is 9.94. The first-order valence-electron chi connectivity index (χ1n) is 7.78. The van der Waals surface area contributed by atoms with E-state index in [0.717, 1.165) is 22.0 Å². The summed E-state index contributed by atoms with van der Waals surface area (Å²) in [6.45, 7) is 7.58. The predicted octanol–water partition coefficient (Wildman–Crippen LogP) is 5.15. The second kappa shape index (κ2) is 6.95. The molecule has 1 aromatic heterocycles. The van der Waals surface area contributed by atoms with Crippen molar-refractivity contribution in [3.63, 3.8) is 0 Å². The summed E-state index contributed by atoms with van der Waals surface area (Å²) < 4.78 is 0. The minimum absolute atomic E-state index is 0.165. The number of aryl methyl sites for hydroxylation is 1. The molecule has 1 N–H and O–H groups in total. The second-order valence-electron chi connectivity index (χ2n) is 5.61. The first-order chi connectivity index (χ1) is 12.0. The molecule has 0 bridgehead atoms. The maximum absolute atomic E-state index is 12.7. The van der Waals surface area contributed by atoms with Crippen molar-refractivity contribution < 1.29 is 4.84 Å². The first kappa shape index (κ1) is 17.0. The number of halogens is 1. The SMILES string of the molecule is C=C(O/N=C/C)c1c(-c2ccccc2Cl)c2cc(C)ccc2[nH]c1=O. The van der Waals surface area contributed by atoms with Crippen LogP contribution in [0.5, 0.6) is 0 Å². The number of nitrogens with one attached hydrogen (secondary N) is 1. The standard InChI is InChI=1S/C20H17ClN2O2/c1-4-22-25-13(3)18-19(14-7-5-6-8-16(14)21)15-11-12(2)9-10-17(15)23-20(18)24/h4-11H,3H2,1-2H3,(H,23,24)/b22-4+. The van der Waals surface area contributed by atoms with Gasteiger partial charge in [0.25, 0.3) is 5.56 Å². The fourth-order valence-corrected chi connectivity index (χ4v) is 3.01. The predicted molar refractivity (Wildman–Crippen MR) is 104 cm³/mol. The van der Waals surface area contributed by atoms with E-state index in [1.807, 2.05) is 43.3 Å². The molecule has 0 radical (unpaired) electrons. The van der Waals surface area contributed by atoms with E-state index in [2.05, 4.69) is 16.7 Å². The van der Waals surface area contributed by atoms with Crippen LogP contribution in [0.4, 0.5) is 0 Å². The van der Waals surface area contributed by atoms with E-state index in [4.69, 9.17) is 16.4 Å². The zero-order chi connectivity index (χ0) is 18.0. The Balaban J connectivity index is 2.44. The molecule has 0 saturated carbocycles. The van der Waals surface area contributed by atoms with E-state index in [1.54, 1.807) is 13.0 Å². The lowest BCUT2D eigenvalue weighted by Crippen LogP contribution is -2.14. The minimum atomic E-state index is -0.303. The van der Waals surface area contributed by atoms with Gasteiger partial charge in [-0.25, -0.2) is 0 Å². The normalized spacial score (nSPS) is 11.2. The van der Waals surface area contributed by atoms with E-state index < -0.39 is 0 Å². The highest BCUT2D eigenvalue weighted by Crippen LogP contribution is 2.37. The Morgan fingerprint density at radius 2 is 2.04 bits per heavy atom. The van der Waals surface area contributed by atoms with E-state index in [0.29, 0.717) is 16.1 Å². The van der Waals surface area contributed by atoms with Crippen LogP contribution in [0.2, 0.25) is 5.02 Å². The van der Waals surface area contributed by atoms with Gasteiger partial charge in [-0.05, 0) is 32.0 Å². The van der Waals surface area contributed by atoms with Crippen LogP contribution in [0, 0.1) is 6.92 Å². The van der Waals surface area contributed by atoms with Gasteiger partial charge in [0, 0.05) is 33.3 Å². The summed E-state index contributed by atoms with van der Waals surface area (Å²) in [5.41, 5.74) is 3.23. The number of H-pyrrole nitrogens is 1. The fourth-order valence-electron chi connectivity index (χ4n) is 2.78. The molecular formula is C20H17ClN2O2. The Bertz CT molecular complexity index is 1050. The van der Waals surface area contributed by atoms with Crippen LogP contribution in [-0.2, 0) is 4.84 Å². The van der Waals surface area contributed by atoms with Crippen LogP contribution in [0.3, 0.4) is 0 Å². The van der Waals surface area contributed by atoms with Crippen LogP contribution in [0.25, 0.3) is 27.8 Å². The van der Waals surface area contributed by atoms with Crippen molar-refractivity contribution in [2.45, 2.75) is 13.8 Å². The van der Waals surface area contributed by atoms with Crippen LogP contribution >= 0.6 is 11.6 Å². The van der Waals surface area contributed by atoms with E-state index in [-0.39, 0.29) is 11.3 Å². The largest absolute Gasteiger partial charge is 0.357 e. The van der Waals surface area contributed by atoms with Gasteiger partial charge in [-0.2, -0.15) is 0 Å². The molecule has 0 fully saturated rings. The Morgan fingerprint density at radius 1 is 1.28 bits per heavy atom. The van der Waals surface area contributed by atoms with Gasteiger partial charge in [-0.1, -0.05) is 53.2 Å². The maximum Gasteiger partial charge on any atom is 0.260 e. The Kier molecular flexibility index (Phi) is 4.72. The average molecular weight is 353 g/mol. The van der Waals surface area contributed by atoms with Crippen molar-refractivity contribution in [2.24, 2.45) is 5.16 Å². The summed E-state index contributed by atoms with van der Waals surface area (Å²) in [4.78, 5) is 20.9. The molecule has 0 aliphatic carbocycles. The molecule has 126 valence electrons. The van der Waals surface area contributed by atoms with Crippen molar-refractivity contribution in [1.82, 2.24) is 4.98 Å². The van der Waals surface area contributed by atoms with Crippen molar-refractivity contribution >= 4 is 34.5 Å². The van der Waals surface area contributed by atoms with Crippen LogP contribution in [0.15, 0.2) is 59.0 Å². The topological polar surface area (TPSA) is 54.4 Å². The molecule has 0 spiro atoms. The molecule has 5 heteroatoms. The number of benzene rings is 2. The van der Waals surface area contributed by atoms with Gasteiger partial charge in [0.2, 0.25) is 0 Å².